The Bertz CT molecular complexity index is 700. The van der Waals surface area contributed by atoms with Crippen molar-refractivity contribution in [2.45, 2.75) is 13.0 Å². The second-order valence-corrected chi connectivity index (χ2v) is 5.12. The fourth-order valence-electron chi connectivity index (χ4n) is 1.57. The fourth-order valence-corrected chi connectivity index (χ4v) is 2.02. The molecule has 0 aliphatic heterocycles. The van der Waals surface area contributed by atoms with Crippen LogP contribution in [0, 0.1) is 0 Å². The van der Waals surface area contributed by atoms with Gasteiger partial charge in [0.1, 0.15) is 6.04 Å². The highest BCUT2D eigenvalue weighted by molar-refractivity contribution is 6.36. The van der Waals surface area contributed by atoms with E-state index < -0.39 is 17.9 Å². The molecule has 2 rings (SSSR count). The molecule has 6 nitrogen and oxygen atoms in total. The van der Waals surface area contributed by atoms with Gasteiger partial charge in [-0.3, -0.25) is 9.48 Å². The molecule has 0 bridgehead atoms. The van der Waals surface area contributed by atoms with Crippen LogP contribution in [0.25, 0.3) is 0 Å². The second-order valence-electron chi connectivity index (χ2n) is 4.27. The Morgan fingerprint density at radius 1 is 1.33 bits per heavy atom. The van der Waals surface area contributed by atoms with Gasteiger partial charge in [-0.25, -0.2) is 4.79 Å². The first kappa shape index (κ1) is 15.3. The summed E-state index contributed by atoms with van der Waals surface area (Å²) in [5.41, 5.74) is 0.487. The second kappa shape index (κ2) is 6.15. The molecule has 110 valence electrons. The van der Waals surface area contributed by atoms with E-state index in [0.29, 0.717) is 15.7 Å². The number of nitrogens with one attached hydrogen (secondary N) is 1. The molecule has 1 aromatic carbocycles. The van der Waals surface area contributed by atoms with Crippen molar-refractivity contribution in [3.05, 3.63) is 46.2 Å². The number of aromatic nitrogens is 2. The lowest BCUT2D eigenvalue weighted by Gasteiger charge is -2.07. The molecule has 1 aromatic heterocycles. The van der Waals surface area contributed by atoms with Crippen LogP contribution in [-0.2, 0) is 4.79 Å². The molecule has 2 N–H and O–H groups in total. The number of amides is 1. The Balaban J connectivity index is 2.15. The van der Waals surface area contributed by atoms with Crippen molar-refractivity contribution >= 4 is 40.8 Å². The largest absolute Gasteiger partial charge is 0.480 e. The van der Waals surface area contributed by atoms with Crippen LogP contribution in [0.3, 0.4) is 0 Å². The number of hydrogen-bond donors (Lipinski definition) is 2. The molecule has 0 fully saturated rings. The lowest BCUT2D eigenvalue weighted by Crippen LogP contribution is -2.18. The molecule has 8 heteroatoms. The third-order valence-corrected chi connectivity index (χ3v) is 3.32. The first-order chi connectivity index (χ1) is 9.88. The van der Waals surface area contributed by atoms with Gasteiger partial charge in [0.25, 0.3) is 5.91 Å². The van der Waals surface area contributed by atoms with Gasteiger partial charge in [0.2, 0.25) is 0 Å². The zero-order valence-corrected chi connectivity index (χ0v) is 12.4. The zero-order chi connectivity index (χ0) is 15.6. The van der Waals surface area contributed by atoms with Gasteiger partial charge >= 0.3 is 5.97 Å². The van der Waals surface area contributed by atoms with Crippen LogP contribution in [0.1, 0.15) is 23.5 Å². The molecular formula is C13H11Cl2N3O3. The van der Waals surface area contributed by atoms with Gasteiger partial charge in [0.05, 0.1) is 10.7 Å². The first-order valence-corrected chi connectivity index (χ1v) is 6.68. The smallest absolute Gasteiger partial charge is 0.328 e. The van der Waals surface area contributed by atoms with Crippen molar-refractivity contribution in [2.24, 2.45) is 0 Å². The average Bonchev–Trinajstić information content (AvgIpc) is 2.90. The summed E-state index contributed by atoms with van der Waals surface area (Å²) in [6.45, 7) is 1.47. The Hall–Kier alpha value is -2.05. The number of benzene rings is 1. The molecule has 2 aromatic rings. The van der Waals surface area contributed by atoms with Gasteiger partial charge in [-0.2, -0.15) is 5.10 Å². The number of carbonyl (C=O) groups excluding carboxylic acids is 1. The maximum absolute atomic E-state index is 12.0. The number of anilines is 1. The van der Waals surface area contributed by atoms with E-state index in [1.54, 1.807) is 12.1 Å². The molecule has 0 radical (unpaired) electrons. The van der Waals surface area contributed by atoms with Crippen LogP contribution >= 0.6 is 23.2 Å². The van der Waals surface area contributed by atoms with E-state index in [4.69, 9.17) is 28.3 Å². The molecular weight excluding hydrogens is 317 g/mol. The van der Waals surface area contributed by atoms with Crippen molar-refractivity contribution in [2.75, 3.05) is 5.32 Å². The van der Waals surface area contributed by atoms with Gasteiger partial charge in [0.15, 0.2) is 5.69 Å². The standard InChI is InChI=1S/C13H11Cl2N3O3/c1-7(13(20)21)18-5-4-11(17-18)12(19)16-10-3-2-8(14)6-9(10)15/h2-7H,1H3,(H,16,19)(H,20,21). The highest BCUT2D eigenvalue weighted by Gasteiger charge is 2.17. The van der Waals surface area contributed by atoms with Crippen LogP contribution in [-0.4, -0.2) is 26.8 Å². The number of aliphatic carboxylic acids is 1. The Labute approximate surface area is 130 Å². The van der Waals surface area contributed by atoms with E-state index in [2.05, 4.69) is 10.4 Å². The van der Waals surface area contributed by atoms with Gasteiger partial charge in [-0.15, -0.1) is 0 Å². The van der Waals surface area contributed by atoms with E-state index in [-0.39, 0.29) is 5.69 Å². The fraction of sp³-hybridized carbons (Fsp3) is 0.154. The van der Waals surface area contributed by atoms with Crippen molar-refractivity contribution in [3.63, 3.8) is 0 Å². The summed E-state index contributed by atoms with van der Waals surface area (Å²) in [6.07, 6.45) is 1.43. The molecule has 1 amide bonds. The number of nitrogens with zero attached hydrogens (tertiary/aromatic N) is 2. The number of halogens is 2. The maximum Gasteiger partial charge on any atom is 0.328 e. The monoisotopic (exact) mass is 327 g/mol. The molecule has 0 aliphatic rings. The molecule has 0 spiro atoms. The van der Waals surface area contributed by atoms with Crippen molar-refractivity contribution in [3.8, 4) is 0 Å². The molecule has 1 unspecified atom stereocenters. The summed E-state index contributed by atoms with van der Waals surface area (Å²) in [4.78, 5) is 22.9. The summed E-state index contributed by atoms with van der Waals surface area (Å²) < 4.78 is 1.20. The van der Waals surface area contributed by atoms with Gasteiger partial charge < -0.3 is 10.4 Å². The van der Waals surface area contributed by atoms with E-state index in [1.165, 1.54) is 29.9 Å². The third-order valence-electron chi connectivity index (χ3n) is 2.77. The summed E-state index contributed by atoms with van der Waals surface area (Å²) in [6, 6.07) is 5.24. The van der Waals surface area contributed by atoms with E-state index in [1.807, 2.05) is 0 Å². The lowest BCUT2D eigenvalue weighted by atomic mass is 10.3. The number of rotatable bonds is 4. The molecule has 0 aliphatic carbocycles. The minimum Gasteiger partial charge on any atom is -0.480 e. The minimum atomic E-state index is -1.04. The number of carbonyl (C=O) groups is 2. The number of hydrogen-bond acceptors (Lipinski definition) is 3. The first-order valence-electron chi connectivity index (χ1n) is 5.93. The maximum atomic E-state index is 12.0. The van der Waals surface area contributed by atoms with Crippen LogP contribution < -0.4 is 5.32 Å². The van der Waals surface area contributed by atoms with E-state index in [9.17, 15) is 9.59 Å². The molecule has 0 saturated heterocycles. The van der Waals surface area contributed by atoms with Crippen molar-refractivity contribution in [1.29, 1.82) is 0 Å². The summed E-state index contributed by atoms with van der Waals surface area (Å²) >= 11 is 11.7. The molecule has 21 heavy (non-hydrogen) atoms. The number of carboxylic acids is 1. The Kier molecular flexibility index (Phi) is 4.50. The van der Waals surface area contributed by atoms with Crippen LogP contribution in [0.2, 0.25) is 10.0 Å². The minimum absolute atomic E-state index is 0.0918. The SMILES string of the molecule is CC(C(=O)O)n1ccc(C(=O)Nc2ccc(Cl)cc2Cl)n1. The normalized spacial score (nSPS) is 12.0. The van der Waals surface area contributed by atoms with Crippen LogP contribution in [0.5, 0.6) is 0 Å². The van der Waals surface area contributed by atoms with Gasteiger partial charge in [-0.1, -0.05) is 23.2 Å². The predicted molar refractivity (Wildman–Crippen MR) is 79.0 cm³/mol. The summed E-state index contributed by atoms with van der Waals surface area (Å²) in [7, 11) is 0. The van der Waals surface area contributed by atoms with Crippen molar-refractivity contribution < 1.29 is 14.7 Å². The summed E-state index contributed by atoms with van der Waals surface area (Å²) in [5.74, 6) is -1.53. The van der Waals surface area contributed by atoms with Gasteiger partial charge in [0, 0.05) is 11.2 Å². The lowest BCUT2D eigenvalue weighted by molar-refractivity contribution is -0.140. The Morgan fingerprint density at radius 2 is 2.05 bits per heavy atom. The predicted octanol–water partition coefficient (Wildman–Crippen LogP) is 3.09. The topological polar surface area (TPSA) is 84.2 Å². The highest BCUT2D eigenvalue weighted by atomic mass is 35.5. The molecule has 1 atom stereocenters. The van der Waals surface area contributed by atoms with Crippen molar-refractivity contribution in [1.82, 2.24) is 9.78 Å². The van der Waals surface area contributed by atoms with E-state index >= 15 is 0 Å². The molecule has 1 heterocycles. The summed E-state index contributed by atoms with van der Waals surface area (Å²) in [5, 5.41) is 16.2. The highest BCUT2D eigenvalue weighted by Crippen LogP contribution is 2.25. The van der Waals surface area contributed by atoms with E-state index in [0.717, 1.165) is 0 Å². The zero-order valence-electron chi connectivity index (χ0n) is 10.9. The van der Waals surface area contributed by atoms with Crippen LogP contribution in [0.4, 0.5) is 5.69 Å². The molecule has 0 saturated carbocycles. The van der Waals surface area contributed by atoms with Gasteiger partial charge in [-0.05, 0) is 31.2 Å². The van der Waals surface area contributed by atoms with Crippen LogP contribution in [0.15, 0.2) is 30.5 Å². The number of carboxylic acid groups (broad SMARTS) is 1. The third kappa shape index (κ3) is 3.53. The Morgan fingerprint density at radius 3 is 2.67 bits per heavy atom. The average molecular weight is 328 g/mol. The quantitative estimate of drug-likeness (QED) is 0.903.